The number of carboxylic acids is 2. The average molecular weight is 638 g/mol. The molecule has 0 saturated carbocycles. The molecule has 3 atom stereocenters. The number of carbonyl (C=O) groups is 4. The van der Waals surface area contributed by atoms with Crippen LogP contribution in [0.5, 0.6) is 0 Å². The normalized spacial score (nSPS) is 13.6. The first kappa shape index (κ1) is 37.3. The summed E-state index contributed by atoms with van der Waals surface area (Å²) in [5.74, 6) is -5.12. The number of hydrogen-bond acceptors (Lipinski definition) is 16. The molecule has 0 radical (unpaired) electrons. The summed E-state index contributed by atoms with van der Waals surface area (Å²) in [5, 5.41) is 32.5. The van der Waals surface area contributed by atoms with Gasteiger partial charge in [0.15, 0.2) is 23.7 Å². The number of fused-ring (bicyclic) bond motifs is 1. The van der Waals surface area contributed by atoms with Crippen molar-refractivity contribution in [2.45, 2.75) is 59.5 Å². The van der Waals surface area contributed by atoms with Gasteiger partial charge in [0.25, 0.3) is 0 Å². The lowest BCUT2D eigenvalue weighted by atomic mass is 10.2. The van der Waals surface area contributed by atoms with Gasteiger partial charge < -0.3 is 44.9 Å². The van der Waals surface area contributed by atoms with Gasteiger partial charge in [0.05, 0.1) is 30.8 Å². The Labute approximate surface area is 245 Å². The second-order valence-electron chi connectivity index (χ2n) is 9.34. The fourth-order valence-electron chi connectivity index (χ4n) is 2.63. The Bertz CT molecular complexity index is 1240. The Morgan fingerprint density at radius 1 is 0.884 bits per heavy atom. The van der Waals surface area contributed by atoms with Crippen LogP contribution in [0.2, 0.25) is 0 Å². The first-order valence-corrected chi connectivity index (χ1v) is 14.3. The van der Waals surface area contributed by atoms with Crippen LogP contribution in [0.15, 0.2) is 12.7 Å². The van der Waals surface area contributed by atoms with Gasteiger partial charge in [-0.1, -0.05) is 27.7 Å². The lowest BCUT2D eigenvalue weighted by molar-refractivity contribution is -0.165. The molecule has 0 aliphatic rings. The monoisotopic (exact) mass is 637 g/mol. The van der Waals surface area contributed by atoms with Crippen molar-refractivity contribution < 1.29 is 67.4 Å². The maximum absolute atomic E-state index is 13.1. The van der Waals surface area contributed by atoms with Gasteiger partial charge in [-0.3, -0.25) is 23.2 Å². The molecule has 0 aliphatic carbocycles. The molecule has 6 N–H and O–H groups in total. The molecule has 0 bridgehead atoms. The third kappa shape index (κ3) is 12.6. The summed E-state index contributed by atoms with van der Waals surface area (Å²) >= 11 is 0. The third-order valence-electron chi connectivity index (χ3n) is 5.05. The maximum Gasteiger partial charge on any atom is 0.361 e. The van der Waals surface area contributed by atoms with Gasteiger partial charge >= 0.3 is 31.5 Å². The van der Waals surface area contributed by atoms with Crippen LogP contribution in [-0.2, 0) is 53.5 Å². The van der Waals surface area contributed by atoms with Gasteiger partial charge in [-0.2, -0.15) is 0 Å². The van der Waals surface area contributed by atoms with E-state index in [0.717, 1.165) is 0 Å². The number of imidazole rings is 1. The van der Waals surface area contributed by atoms with Gasteiger partial charge in [-0.15, -0.1) is 0 Å². The zero-order valence-electron chi connectivity index (χ0n) is 24.1. The first-order chi connectivity index (χ1) is 20.0. The van der Waals surface area contributed by atoms with Crippen LogP contribution in [0.1, 0.15) is 34.6 Å². The summed E-state index contributed by atoms with van der Waals surface area (Å²) < 4.78 is 40.6. The van der Waals surface area contributed by atoms with Gasteiger partial charge in [-0.05, 0) is 6.92 Å². The van der Waals surface area contributed by atoms with E-state index in [4.69, 9.17) is 49.4 Å². The highest BCUT2D eigenvalue weighted by atomic mass is 31.2. The zero-order valence-corrected chi connectivity index (χ0v) is 24.9. The zero-order chi connectivity index (χ0) is 32.9. The van der Waals surface area contributed by atoms with Crippen LogP contribution in [0, 0.1) is 11.8 Å². The summed E-state index contributed by atoms with van der Waals surface area (Å²) in [7, 11) is -3.94. The van der Waals surface area contributed by atoms with Crippen LogP contribution >= 0.6 is 7.60 Å². The number of carboxylic acid groups (broad SMARTS) is 2. The van der Waals surface area contributed by atoms with Gasteiger partial charge in [0, 0.05) is 0 Å². The van der Waals surface area contributed by atoms with Crippen molar-refractivity contribution in [1.29, 1.82) is 0 Å². The largest absolute Gasteiger partial charge is 0.479 e. The molecular weight excluding hydrogens is 601 g/mol. The van der Waals surface area contributed by atoms with E-state index >= 15 is 0 Å². The molecule has 0 aliphatic heterocycles. The van der Waals surface area contributed by atoms with E-state index in [9.17, 15) is 23.7 Å². The van der Waals surface area contributed by atoms with E-state index in [1.807, 2.05) is 0 Å². The Morgan fingerprint density at radius 3 is 1.81 bits per heavy atom. The predicted molar refractivity (Wildman–Crippen MR) is 144 cm³/mol. The summed E-state index contributed by atoms with van der Waals surface area (Å²) in [6.45, 7) is 7.41. The van der Waals surface area contributed by atoms with Crippen molar-refractivity contribution in [3.8, 4) is 0 Å². The summed E-state index contributed by atoms with van der Waals surface area (Å²) in [4.78, 5) is 55.0. The lowest BCUT2D eigenvalue weighted by Crippen LogP contribution is -2.39. The Balaban J connectivity index is 0.000000790. The molecule has 43 heavy (non-hydrogen) atoms. The number of hydrogen-bond donors (Lipinski definition) is 5. The molecule has 0 amide bonds. The maximum atomic E-state index is 13.1. The SMILES string of the molecule is CC(C)C(=O)OCOP(=O)(CO[C@H](C)Cn1cnc2c(N)ncnc21)OCOC(=O)C(C)C.O=C(O)[C@H](O)[C@@H](O)C(=O)O. The quantitative estimate of drug-likeness (QED) is 0.0932. The average Bonchev–Trinajstić information content (AvgIpc) is 3.34. The Morgan fingerprint density at radius 2 is 1.37 bits per heavy atom. The number of aromatic nitrogens is 4. The number of carbonyl (C=O) groups excluding carboxylic acids is 2. The Kier molecular flexibility index (Phi) is 15.1. The minimum Gasteiger partial charge on any atom is -0.479 e. The molecule has 0 aromatic carbocycles. The van der Waals surface area contributed by atoms with E-state index < -0.39 is 69.7 Å². The lowest BCUT2D eigenvalue weighted by Gasteiger charge is -2.21. The number of ether oxygens (including phenoxy) is 3. The first-order valence-electron chi connectivity index (χ1n) is 12.5. The smallest absolute Gasteiger partial charge is 0.361 e. The number of esters is 2. The number of aliphatic hydroxyl groups excluding tert-OH is 2. The Hall–Kier alpha value is -3.74. The van der Waals surface area contributed by atoms with E-state index in [1.165, 1.54) is 6.33 Å². The third-order valence-corrected chi connectivity index (χ3v) is 6.51. The highest BCUT2D eigenvalue weighted by molar-refractivity contribution is 7.53. The number of anilines is 1. The molecule has 0 fully saturated rings. The topological polar surface area (TPSA) is 282 Å². The molecule has 0 unspecified atom stereocenters. The van der Waals surface area contributed by atoms with Crippen molar-refractivity contribution in [2.24, 2.45) is 11.8 Å². The van der Waals surface area contributed by atoms with Crippen molar-refractivity contribution >= 4 is 48.5 Å². The number of nitrogens with zero attached hydrogens (tertiary/aromatic N) is 4. The van der Waals surface area contributed by atoms with Crippen LogP contribution < -0.4 is 5.73 Å². The number of nitrogens with two attached hydrogens (primary N) is 1. The van der Waals surface area contributed by atoms with Crippen molar-refractivity contribution in [1.82, 2.24) is 19.5 Å². The molecule has 2 aromatic heterocycles. The van der Waals surface area contributed by atoms with E-state index in [1.54, 1.807) is 45.5 Å². The van der Waals surface area contributed by atoms with Crippen molar-refractivity contribution in [3.05, 3.63) is 12.7 Å². The van der Waals surface area contributed by atoms with E-state index in [0.29, 0.717) is 17.7 Å². The van der Waals surface area contributed by atoms with Crippen LogP contribution in [-0.4, -0.2) is 102 Å². The van der Waals surface area contributed by atoms with Crippen molar-refractivity contribution in [3.63, 3.8) is 0 Å². The second-order valence-corrected chi connectivity index (χ2v) is 11.3. The van der Waals surface area contributed by atoms with Crippen LogP contribution in [0.3, 0.4) is 0 Å². The molecule has 0 saturated heterocycles. The summed E-state index contributed by atoms with van der Waals surface area (Å²) in [6, 6.07) is 0. The number of nitrogen functional groups attached to an aromatic ring is 1. The minimum atomic E-state index is -3.94. The van der Waals surface area contributed by atoms with Gasteiger partial charge in [0.2, 0.25) is 13.6 Å². The highest BCUT2D eigenvalue weighted by Crippen LogP contribution is 2.48. The summed E-state index contributed by atoms with van der Waals surface area (Å²) in [6.07, 6.45) is -2.62. The van der Waals surface area contributed by atoms with Crippen LogP contribution in [0.4, 0.5) is 5.82 Å². The minimum absolute atomic E-state index is 0.255. The fourth-order valence-corrected chi connectivity index (χ4v) is 3.71. The predicted octanol–water partition coefficient (Wildman–Crippen LogP) is 0.188. The fraction of sp³-hybridized carbons (Fsp3) is 0.609. The van der Waals surface area contributed by atoms with Crippen LogP contribution in [0.25, 0.3) is 11.2 Å². The van der Waals surface area contributed by atoms with E-state index in [2.05, 4.69) is 15.0 Å². The summed E-state index contributed by atoms with van der Waals surface area (Å²) in [5.41, 5.74) is 6.77. The molecule has 2 heterocycles. The second kappa shape index (κ2) is 17.4. The highest BCUT2D eigenvalue weighted by Gasteiger charge is 2.30. The molecular formula is C23H36N5O14P. The van der Waals surface area contributed by atoms with Gasteiger partial charge in [0.1, 0.15) is 18.2 Å². The standard InChI is InChI=1S/C19H30N5O8P.C4H6O6/c1-12(2)18(25)28-9-31-33(27,32-10-29-19(26)13(3)4)11-30-14(5)6-24-8-23-15-16(20)21-7-22-17(15)24;5-1(3(7)8)2(6)4(9)10/h7-8,12-14H,6,9-11H2,1-5H3,(H2,20,21,22);1-2,5-6H,(H,7,8)(H,9,10)/t14-;1-,2-/m11/s1. The molecule has 0 spiro atoms. The number of rotatable bonds is 16. The number of aliphatic carboxylic acids is 2. The molecule has 20 heteroatoms. The molecule has 2 rings (SSSR count). The molecule has 2 aromatic rings. The van der Waals surface area contributed by atoms with E-state index in [-0.39, 0.29) is 17.7 Å². The molecule has 242 valence electrons. The van der Waals surface area contributed by atoms with Crippen molar-refractivity contribution in [2.75, 3.05) is 25.7 Å². The van der Waals surface area contributed by atoms with Gasteiger partial charge in [-0.25, -0.2) is 24.5 Å². The molecule has 19 nitrogen and oxygen atoms in total. The number of aliphatic hydroxyl groups is 2.